The maximum Gasteiger partial charge on any atom is 0.269 e. The van der Waals surface area contributed by atoms with Gasteiger partial charge in [-0.25, -0.2) is 0 Å². The molecule has 4 rings (SSSR count). The van der Waals surface area contributed by atoms with Crippen LogP contribution in [0.2, 0.25) is 0 Å². The molecule has 33 heavy (non-hydrogen) atoms. The molecule has 0 fully saturated rings. The third-order valence-electron chi connectivity index (χ3n) is 5.43. The van der Waals surface area contributed by atoms with Crippen LogP contribution in [0.25, 0.3) is 27.7 Å². The zero-order valence-electron chi connectivity index (χ0n) is 18.4. The van der Waals surface area contributed by atoms with Gasteiger partial charge in [-0.2, -0.15) is 0 Å². The number of rotatable bonds is 6. The second-order valence-corrected chi connectivity index (χ2v) is 7.64. The molecule has 1 N–H and O–H groups in total. The SMILES string of the molecule is COc1cc2occ(-c3ccccc3)c2cc1/C(C)=C/C(=O)Nc1ccc([N+](=O)[O-])cc1C. The smallest absolute Gasteiger partial charge is 0.269 e. The molecular formula is C26H22N2O5. The number of carbonyl (C=O) groups is 1. The van der Waals surface area contributed by atoms with Crippen LogP contribution < -0.4 is 10.1 Å². The summed E-state index contributed by atoms with van der Waals surface area (Å²) in [7, 11) is 1.57. The van der Waals surface area contributed by atoms with Crippen molar-refractivity contribution < 1.29 is 18.9 Å². The van der Waals surface area contributed by atoms with Crippen molar-refractivity contribution in [3.05, 3.63) is 94.2 Å². The van der Waals surface area contributed by atoms with Crippen LogP contribution >= 0.6 is 0 Å². The van der Waals surface area contributed by atoms with Crippen molar-refractivity contribution in [3.63, 3.8) is 0 Å². The van der Waals surface area contributed by atoms with E-state index in [0.717, 1.165) is 22.1 Å². The van der Waals surface area contributed by atoms with Crippen LogP contribution in [0.15, 0.2) is 77.4 Å². The van der Waals surface area contributed by atoms with E-state index >= 15 is 0 Å². The minimum atomic E-state index is -0.468. The molecule has 0 unspecified atom stereocenters. The molecule has 0 saturated carbocycles. The van der Waals surface area contributed by atoms with E-state index in [1.54, 1.807) is 20.3 Å². The van der Waals surface area contributed by atoms with Gasteiger partial charge in [-0.15, -0.1) is 0 Å². The average Bonchev–Trinajstić information content (AvgIpc) is 3.22. The molecule has 4 aromatic rings. The lowest BCUT2D eigenvalue weighted by Gasteiger charge is -2.11. The average molecular weight is 442 g/mol. The van der Waals surface area contributed by atoms with Gasteiger partial charge in [-0.05, 0) is 42.7 Å². The van der Waals surface area contributed by atoms with E-state index in [0.29, 0.717) is 28.2 Å². The number of amides is 1. The summed E-state index contributed by atoms with van der Waals surface area (Å²) in [6, 6.07) is 18.0. The van der Waals surface area contributed by atoms with Gasteiger partial charge in [0.15, 0.2) is 0 Å². The predicted molar refractivity (Wildman–Crippen MR) is 128 cm³/mol. The van der Waals surface area contributed by atoms with Crippen LogP contribution in [0.1, 0.15) is 18.1 Å². The van der Waals surface area contributed by atoms with Crippen molar-refractivity contribution in [2.24, 2.45) is 0 Å². The molecule has 0 atom stereocenters. The zero-order valence-corrected chi connectivity index (χ0v) is 18.4. The van der Waals surface area contributed by atoms with Gasteiger partial charge in [-0.1, -0.05) is 30.3 Å². The zero-order chi connectivity index (χ0) is 23.5. The van der Waals surface area contributed by atoms with Crippen molar-refractivity contribution in [2.45, 2.75) is 13.8 Å². The van der Waals surface area contributed by atoms with Crippen molar-refractivity contribution in [3.8, 4) is 16.9 Å². The molecule has 0 saturated heterocycles. The second kappa shape index (κ2) is 9.00. The number of ether oxygens (including phenoxy) is 1. The van der Waals surface area contributed by atoms with Crippen LogP contribution in [0, 0.1) is 17.0 Å². The number of carbonyl (C=O) groups excluding carboxylic acids is 1. The Bertz CT molecular complexity index is 1390. The molecule has 0 radical (unpaired) electrons. The van der Waals surface area contributed by atoms with Gasteiger partial charge in [0.25, 0.3) is 5.69 Å². The lowest BCUT2D eigenvalue weighted by atomic mass is 9.99. The van der Waals surface area contributed by atoms with Crippen LogP contribution in [0.4, 0.5) is 11.4 Å². The van der Waals surface area contributed by atoms with Gasteiger partial charge in [0.05, 0.1) is 18.3 Å². The quantitative estimate of drug-likeness (QED) is 0.213. The van der Waals surface area contributed by atoms with Crippen molar-refractivity contribution in [1.82, 2.24) is 0 Å². The topological polar surface area (TPSA) is 94.6 Å². The monoisotopic (exact) mass is 442 g/mol. The minimum Gasteiger partial charge on any atom is -0.496 e. The highest BCUT2D eigenvalue weighted by atomic mass is 16.6. The van der Waals surface area contributed by atoms with Crippen LogP contribution in [0.5, 0.6) is 5.75 Å². The number of nitrogens with zero attached hydrogens (tertiary/aromatic N) is 1. The molecule has 1 heterocycles. The maximum absolute atomic E-state index is 12.7. The first kappa shape index (κ1) is 21.8. The van der Waals surface area contributed by atoms with E-state index in [1.807, 2.05) is 49.4 Å². The number of methoxy groups -OCH3 is 1. The van der Waals surface area contributed by atoms with Gasteiger partial charge in [0.2, 0.25) is 5.91 Å². The third kappa shape index (κ3) is 4.48. The number of non-ortho nitro benzene ring substituents is 1. The number of hydrogen-bond acceptors (Lipinski definition) is 5. The number of hydrogen-bond donors (Lipinski definition) is 1. The Morgan fingerprint density at radius 1 is 1.12 bits per heavy atom. The number of nitrogens with one attached hydrogen (secondary N) is 1. The summed E-state index contributed by atoms with van der Waals surface area (Å²) in [5, 5.41) is 14.6. The van der Waals surface area contributed by atoms with E-state index < -0.39 is 4.92 Å². The van der Waals surface area contributed by atoms with Gasteiger partial charge in [-0.3, -0.25) is 14.9 Å². The molecule has 3 aromatic carbocycles. The van der Waals surface area contributed by atoms with Crippen molar-refractivity contribution in [2.75, 3.05) is 12.4 Å². The van der Waals surface area contributed by atoms with E-state index in [-0.39, 0.29) is 11.6 Å². The molecular weight excluding hydrogens is 420 g/mol. The van der Waals surface area contributed by atoms with Crippen LogP contribution in [-0.4, -0.2) is 17.9 Å². The lowest BCUT2D eigenvalue weighted by molar-refractivity contribution is -0.384. The number of allylic oxidation sites excluding steroid dienone is 1. The Hall–Kier alpha value is -4.39. The number of benzene rings is 3. The first-order valence-electron chi connectivity index (χ1n) is 10.3. The van der Waals surface area contributed by atoms with Gasteiger partial charge >= 0.3 is 0 Å². The van der Waals surface area contributed by atoms with Gasteiger partial charge in [0, 0.05) is 46.5 Å². The fraction of sp³-hybridized carbons (Fsp3) is 0.115. The molecule has 0 bridgehead atoms. The van der Waals surface area contributed by atoms with Crippen molar-refractivity contribution in [1.29, 1.82) is 0 Å². The van der Waals surface area contributed by atoms with E-state index in [4.69, 9.17) is 9.15 Å². The molecule has 1 aromatic heterocycles. The molecule has 0 aliphatic heterocycles. The van der Waals surface area contributed by atoms with E-state index in [9.17, 15) is 14.9 Å². The highest BCUT2D eigenvalue weighted by molar-refractivity contribution is 6.05. The summed E-state index contributed by atoms with van der Waals surface area (Å²) in [5.74, 6) is 0.242. The first-order valence-corrected chi connectivity index (χ1v) is 10.3. The highest BCUT2D eigenvalue weighted by Crippen LogP contribution is 2.37. The maximum atomic E-state index is 12.7. The second-order valence-electron chi connectivity index (χ2n) is 7.64. The number of aryl methyl sites for hydroxylation is 1. The Morgan fingerprint density at radius 3 is 2.55 bits per heavy atom. The predicted octanol–water partition coefficient (Wildman–Crippen LogP) is 6.37. The minimum absolute atomic E-state index is 0.0235. The molecule has 1 amide bonds. The van der Waals surface area contributed by atoms with E-state index in [1.165, 1.54) is 24.3 Å². The Morgan fingerprint density at radius 2 is 1.88 bits per heavy atom. The number of fused-ring (bicyclic) bond motifs is 1. The number of furan rings is 1. The van der Waals surface area contributed by atoms with Crippen LogP contribution in [-0.2, 0) is 4.79 Å². The van der Waals surface area contributed by atoms with Crippen LogP contribution in [0.3, 0.4) is 0 Å². The molecule has 0 aliphatic carbocycles. The van der Waals surface area contributed by atoms with Crippen molar-refractivity contribution >= 4 is 33.8 Å². The summed E-state index contributed by atoms with van der Waals surface area (Å²) >= 11 is 0. The summed E-state index contributed by atoms with van der Waals surface area (Å²) in [6.07, 6.45) is 3.19. The summed E-state index contributed by atoms with van der Waals surface area (Å²) in [5.41, 5.74) is 5.23. The Balaban J connectivity index is 1.67. The number of nitro benzene ring substituents is 1. The molecule has 7 heteroatoms. The largest absolute Gasteiger partial charge is 0.496 e. The lowest BCUT2D eigenvalue weighted by Crippen LogP contribution is -2.10. The summed E-state index contributed by atoms with van der Waals surface area (Å²) in [6.45, 7) is 3.54. The summed E-state index contributed by atoms with van der Waals surface area (Å²) in [4.78, 5) is 23.1. The Kier molecular flexibility index (Phi) is 5.95. The number of nitro groups is 1. The summed E-state index contributed by atoms with van der Waals surface area (Å²) < 4.78 is 11.3. The Labute approximate surface area is 190 Å². The normalized spacial score (nSPS) is 11.4. The highest BCUT2D eigenvalue weighted by Gasteiger charge is 2.15. The van der Waals surface area contributed by atoms with Gasteiger partial charge in [0.1, 0.15) is 11.3 Å². The third-order valence-corrected chi connectivity index (χ3v) is 5.43. The van der Waals surface area contributed by atoms with Gasteiger partial charge < -0.3 is 14.5 Å². The number of anilines is 1. The molecule has 7 nitrogen and oxygen atoms in total. The fourth-order valence-electron chi connectivity index (χ4n) is 3.72. The molecule has 0 aliphatic rings. The fourth-order valence-corrected chi connectivity index (χ4v) is 3.72. The first-order chi connectivity index (χ1) is 15.9. The molecule has 0 spiro atoms. The standard InChI is InChI=1S/C26H22N2O5/c1-16(12-26(29)27-23-10-9-19(28(30)31)11-17(23)2)20-13-21-22(18-7-5-4-6-8-18)15-33-25(21)14-24(20)32-3/h4-15H,1-3H3,(H,27,29)/b16-12+. The molecule has 166 valence electrons. The van der Waals surface area contributed by atoms with E-state index in [2.05, 4.69) is 5.32 Å².